The minimum Gasteiger partial charge on any atom is -0.290 e. The van der Waals surface area contributed by atoms with Gasteiger partial charge in [-0.25, -0.2) is 9.78 Å². The number of nitrogens with one attached hydrogen (secondary N) is 2. The molecular weight excluding hydrogens is 220 g/mol. The van der Waals surface area contributed by atoms with Crippen LogP contribution in [0.3, 0.4) is 0 Å². The van der Waals surface area contributed by atoms with E-state index >= 15 is 0 Å². The van der Waals surface area contributed by atoms with Gasteiger partial charge in [-0.3, -0.25) is 10.1 Å². The van der Waals surface area contributed by atoms with Gasteiger partial charge in [0.15, 0.2) is 11.5 Å². The molecule has 0 spiro atoms. The number of aromatic nitrogens is 6. The van der Waals surface area contributed by atoms with E-state index in [0.29, 0.717) is 17.1 Å². The van der Waals surface area contributed by atoms with Crippen LogP contribution in [0.25, 0.3) is 16.7 Å². The first-order chi connectivity index (χ1) is 8.29. The molecule has 0 atom stereocenters. The second-order valence-corrected chi connectivity index (χ2v) is 3.96. The summed E-state index contributed by atoms with van der Waals surface area (Å²) in [6.07, 6.45) is 4.52. The third-order valence-corrected chi connectivity index (χ3v) is 2.71. The summed E-state index contributed by atoms with van der Waals surface area (Å²) < 4.78 is 1.29. The van der Waals surface area contributed by atoms with Gasteiger partial charge >= 0.3 is 5.69 Å². The molecule has 0 aliphatic heterocycles. The molecule has 7 nitrogen and oxygen atoms in total. The predicted molar refractivity (Wildman–Crippen MR) is 61.9 cm³/mol. The van der Waals surface area contributed by atoms with E-state index < -0.39 is 0 Å². The molecule has 0 saturated heterocycles. The first kappa shape index (κ1) is 10.0. The Kier molecular flexibility index (Phi) is 2.17. The number of aryl methyl sites for hydroxylation is 1. The molecule has 3 aromatic heterocycles. The van der Waals surface area contributed by atoms with Gasteiger partial charge in [-0.15, -0.1) is 5.10 Å². The van der Waals surface area contributed by atoms with Crippen molar-refractivity contribution in [2.45, 2.75) is 26.2 Å². The lowest BCUT2D eigenvalue weighted by Crippen LogP contribution is -2.17. The average Bonchev–Trinajstić information content (AvgIpc) is 2.91. The Bertz CT molecular complexity index is 721. The molecule has 0 radical (unpaired) electrons. The highest BCUT2D eigenvalue weighted by Gasteiger charge is 2.11. The number of H-pyrrole nitrogens is 2. The van der Waals surface area contributed by atoms with E-state index in [1.807, 2.05) is 0 Å². The number of nitrogens with zero attached hydrogens (tertiary/aromatic N) is 4. The second-order valence-electron chi connectivity index (χ2n) is 3.96. The van der Waals surface area contributed by atoms with Crippen molar-refractivity contribution in [2.24, 2.45) is 0 Å². The van der Waals surface area contributed by atoms with Crippen LogP contribution in [-0.2, 0) is 6.42 Å². The van der Waals surface area contributed by atoms with Crippen molar-refractivity contribution in [1.29, 1.82) is 0 Å². The maximum Gasteiger partial charge on any atom is 0.349 e. The van der Waals surface area contributed by atoms with Crippen molar-refractivity contribution in [3.63, 3.8) is 0 Å². The van der Waals surface area contributed by atoms with Crippen LogP contribution < -0.4 is 5.69 Å². The second kappa shape index (κ2) is 3.69. The lowest BCUT2D eigenvalue weighted by atomic mass is 10.2. The molecule has 0 aliphatic rings. The van der Waals surface area contributed by atoms with Crippen LogP contribution in [0.5, 0.6) is 0 Å². The van der Waals surface area contributed by atoms with E-state index in [2.05, 4.69) is 32.2 Å². The van der Waals surface area contributed by atoms with Crippen LogP contribution in [0.4, 0.5) is 0 Å². The number of aromatic amines is 2. The zero-order chi connectivity index (χ0) is 11.8. The van der Waals surface area contributed by atoms with Crippen LogP contribution in [-0.4, -0.2) is 29.8 Å². The Morgan fingerprint density at radius 2 is 2.35 bits per heavy atom. The van der Waals surface area contributed by atoms with Crippen molar-refractivity contribution >= 4 is 16.7 Å². The summed E-state index contributed by atoms with van der Waals surface area (Å²) in [7, 11) is 0. The fourth-order valence-electron chi connectivity index (χ4n) is 1.82. The van der Waals surface area contributed by atoms with Gasteiger partial charge in [0.2, 0.25) is 0 Å². The predicted octanol–water partition coefficient (Wildman–Crippen LogP) is 0.636. The summed E-state index contributed by atoms with van der Waals surface area (Å²) in [5, 5.41) is 11.6. The van der Waals surface area contributed by atoms with E-state index in [0.717, 1.165) is 24.6 Å². The maximum atomic E-state index is 11.7. The van der Waals surface area contributed by atoms with Crippen molar-refractivity contribution in [3.8, 4) is 0 Å². The lowest BCUT2D eigenvalue weighted by molar-refractivity contribution is 0.741. The van der Waals surface area contributed by atoms with Crippen LogP contribution in [0, 0.1) is 0 Å². The Labute approximate surface area is 95.9 Å². The van der Waals surface area contributed by atoms with E-state index in [4.69, 9.17) is 0 Å². The Balaban J connectivity index is 2.25. The van der Waals surface area contributed by atoms with Gasteiger partial charge < -0.3 is 0 Å². The monoisotopic (exact) mass is 232 g/mol. The standard InChI is InChI=1S/C10H12N6O/c1-2-3-4-7-12-9-6-5-11-14-8(6)13-10(17)16(9)15-7/h5H,2-4H2,1H3,(H2,11,13,14,17). The van der Waals surface area contributed by atoms with Gasteiger partial charge in [-0.1, -0.05) is 13.3 Å². The SMILES string of the molecule is CCCCc1nc2c3cn[nH]c3[nH]c(=O)n2n1. The van der Waals surface area contributed by atoms with Gasteiger partial charge in [-0.05, 0) is 6.42 Å². The van der Waals surface area contributed by atoms with Crippen molar-refractivity contribution in [3.05, 3.63) is 22.5 Å². The molecule has 7 heteroatoms. The molecule has 0 fully saturated rings. The summed E-state index contributed by atoms with van der Waals surface area (Å²) >= 11 is 0. The molecule has 88 valence electrons. The number of hydrogen-bond acceptors (Lipinski definition) is 4. The Morgan fingerprint density at radius 3 is 3.18 bits per heavy atom. The fourth-order valence-corrected chi connectivity index (χ4v) is 1.82. The smallest absolute Gasteiger partial charge is 0.290 e. The first-order valence-electron chi connectivity index (χ1n) is 5.60. The summed E-state index contributed by atoms with van der Waals surface area (Å²) in [5.74, 6) is 0.700. The molecule has 3 rings (SSSR count). The third-order valence-electron chi connectivity index (χ3n) is 2.71. The fraction of sp³-hybridized carbons (Fsp3) is 0.400. The van der Waals surface area contributed by atoms with Crippen molar-refractivity contribution < 1.29 is 0 Å². The third kappa shape index (κ3) is 1.50. The Hall–Kier alpha value is -2.18. The van der Waals surface area contributed by atoms with Gasteiger partial charge in [0.1, 0.15) is 5.65 Å². The molecule has 17 heavy (non-hydrogen) atoms. The van der Waals surface area contributed by atoms with Crippen LogP contribution >= 0.6 is 0 Å². The van der Waals surface area contributed by atoms with Gasteiger partial charge in [0.25, 0.3) is 0 Å². The highest BCUT2D eigenvalue weighted by atomic mass is 16.1. The average molecular weight is 232 g/mol. The molecular formula is C10H12N6O. The Morgan fingerprint density at radius 1 is 1.47 bits per heavy atom. The number of fused-ring (bicyclic) bond motifs is 3. The largest absolute Gasteiger partial charge is 0.349 e. The van der Waals surface area contributed by atoms with Gasteiger partial charge in [-0.2, -0.15) is 9.61 Å². The van der Waals surface area contributed by atoms with E-state index in [1.165, 1.54) is 4.52 Å². The summed E-state index contributed by atoms with van der Waals surface area (Å²) in [6.45, 7) is 2.11. The van der Waals surface area contributed by atoms with Crippen molar-refractivity contribution in [2.75, 3.05) is 0 Å². The molecule has 0 aliphatic carbocycles. The van der Waals surface area contributed by atoms with E-state index in [9.17, 15) is 4.79 Å². The van der Waals surface area contributed by atoms with Crippen molar-refractivity contribution in [1.82, 2.24) is 29.8 Å². The molecule has 0 amide bonds. The number of rotatable bonds is 3. The minimum absolute atomic E-state index is 0.299. The van der Waals surface area contributed by atoms with Crippen LogP contribution in [0.2, 0.25) is 0 Å². The van der Waals surface area contributed by atoms with Gasteiger partial charge in [0.05, 0.1) is 11.6 Å². The van der Waals surface area contributed by atoms with Crippen LogP contribution in [0.15, 0.2) is 11.0 Å². The quantitative estimate of drug-likeness (QED) is 0.693. The first-order valence-corrected chi connectivity index (χ1v) is 5.60. The maximum absolute atomic E-state index is 11.7. The van der Waals surface area contributed by atoms with E-state index in [-0.39, 0.29) is 5.69 Å². The minimum atomic E-state index is -0.299. The van der Waals surface area contributed by atoms with Crippen LogP contribution in [0.1, 0.15) is 25.6 Å². The zero-order valence-corrected chi connectivity index (χ0v) is 9.40. The summed E-state index contributed by atoms with van der Waals surface area (Å²) in [5.41, 5.74) is 0.840. The molecule has 0 aromatic carbocycles. The number of hydrogen-bond donors (Lipinski definition) is 2. The summed E-state index contributed by atoms with van der Waals surface area (Å²) in [6, 6.07) is 0. The summed E-state index contributed by atoms with van der Waals surface area (Å²) in [4.78, 5) is 18.8. The van der Waals surface area contributed by atoms with E-state index in [1.54, 1.807) is 6.20 Å². The lowest BCUT2D eigenvalue weighted by Gasteiger charge is -1.90. The molecule has 2 N–H and O–H groups in total. The topological polar surface area (TPSA) is 91.7 Å². The number of unbranched alkanes of at least 4 members (excludes halogenated alkanes) is 1. The zero-order valence-electron chi connectivity index (χ0n) is 9.40. The molecule has 0 unspecified atom stereocenters. The highest BCUT2D eigenvalue weighted by Crippen LogP contribution is 2.12. The van der Waals surface area contributed by atoms with Gasteiger partial charge in [0, 0.05) is 6.42 Å². The normalized spacial score (nSPS) is 11.6. The molecule has 3 heterocycles. The molecule has 3 aromatic rings. The highest BCUT2D eigenvalue weighted by molar-refractivity contribution is 5.87. The molecule has 0 saturated carbocycles. The molecule has 0 bridgehead atoms.